The number of amides is 3. The third kappa shape index (κ3) is 3.93. The van der Waals surface area contributed by atoms with Gasteiger partial charge in [-0.3, -0.25) is 19.3 Å². The molecule has 10 nitrogen and oxygen atoms in total. The average Bonchev–Trinajstić information content (AvgIpc) is 3.04. The number of benzene rings is 2. The second-order valence-corrected chi connectivity index (χ2v) is 8.58. The number of hydrogen-bond donors (Lipinski definition) is 2. The molecule has 0 unspecified atom stereocenters. The molecular weight excluding hydrogens is 434 g/mol. The number of nitrogens with zero attached hydrogens (tertiary/aromatic N) is 3. The molecule has 0 spiro atoms. The van der Waals surface area contributed by atoms with Gasteiger partial charge in [-0.05, 0) is 49.4 Å². The quantitative estimate of drug-likeness (QED) is 0.546. The average molecular weight is 451 g/mol. The number of anilines is 2. The van der Waals surface area contributed by atoms with Gasteiger partial charge in [-0.25, -0.2) is 23.1 Å². The van der Waals surface area contributed by atoms with Crippen molar-refractivity contribution >= 4 is 39.4 Å². The number of carbonyl (C=O) groups is 3. The summed E-state index contributed by atoms with van der Waals surface area (Å²) in [6.45, 7) is 1.44. The number of hydrogen-bond acceptors (Lipinski definition) is 7. The van der Waals surface area contributed by atoms with Gasteiger partial charge in [-0.1, -0.05) is 12.1 Å². The van der Waals surface area contributed by atoms with Crippen LogP contribution in [0.3, 0.4) is 0 Å². The summed E-state index contributed by atoms with van der Waals surface area (Å²) in [5.74, 6) is -1.74. The van der Waals surface area contributed by atoms with Crippen molar-refractivity contribution in [1.82, 2.24) is 14.9 Å². The van der Waals surface area contributed by atoms with Crippen molar-refractivity contribution < 1.29 is 22.8 Å². The number of rotatable bonds is 6. The van der Waals surface area contributed by atoms with Gasteiger partial charge in [0.1, 0.15) is 6.04 Å². The fraction of sp³-hybridized carbons (Fsp3) is 0.0952. The Bertz CT molecular complexity index is 1270. The lowest BCUT2D eigenvalue weighted by Crippen LogP contribution is -2.45. The highest BCUT2D eigenvalue weighted by molar-refractivity contribution is 7.92. The maximum atomic E-state index is 12.7. The van der Waals surface area contributed by atoms with E-state index in [-0.39, 0.29) is 22.0 Å². The van der Waals surface area contributed by atoms with E-state index in [1.54, 1.807) is 18.2 Å². The van der Waals surface area contributed by atoms with Crippen molar-refractivity contribution in [3.63, 3.8) is 0 Å². The van der Waals surface area contributed by atoms with Crippen LogP contribution in [-0.4, -0.2) is 47.0 Å². The first-order valence-corrected chi connectivity index (χ1v) is 10.9. The van der Waals surface area contributed by atoms with E-state index in [4.69, 9.17) is 0 Å². The molecule has 4 rings (SSSR count). The molecule has 0 aliphatic carbocycles. The molecule has 2 heterocycles. The molecule has 3 aromatic rings. The highest BCUT2D eigenvalue weighted by Gasteiger charge is 2.40. The van der Waals surface area contributed by atoms with Gasteiger partial charge in [0, 0.05) is 18.1 Å². The molecule has 1 aromatic heterocycles. The Kier molecular flexibility index (Phi) is 5.41. The third-order valence-corrected chi connectivity index (χ3v) is 6.16. The molecule has 0 saturated heterocycles. The fourth-order valence-corrected chi connectivity index (χ4v) is 4.13. The lowest BCUT2D eigenvalue weighted by atomic mass is 10.1. The summed E-state index contributed by atoms with van der Waals surface area (Å²) in [6, 6.07) is 12.2. The Morgan fingerprint density at radius 2 is 1.47 bits per heavy atom. The van der Waals surface area contributed by atoms with E-state index in [1.807, 2.05) is 0 Å². The maximum absolute atomic E-state index is 12.7. The van der Waals surface area contributed by atoms with Crippen molar-refractivity contribution in [3.05, 3.63) is 78.1 Å². The Morgan fingerprint density at radius 1 is 0.906 bits per heavy atom. The Balaban J connectivity index is 1.45. The minimum absolute atomic E-state index is 0.0589. The van der Waals surface area contributed by atoms with E-state index in [0.717, 1.165) is 4.90 Å². The van der Waals surface area contributed by atoms with Crippen molar-refractivity contribution in [1.29, 1.82) is 0 Å². The van der Waals surface area contributed by atoms with Gasteiger partial charge >= 0.3 is 0 Å². The van der Waals surface area contributed by atoms with E-state index in [2.05, 4.69) is 20.0 Å². The SMILES string of the molecule is C[C@@H](C(=O)Nc1ccc(S(=O)(=O)Nc2ncccn2)cc1)N1C(=O)c2ccccc2C1=O. The molecule has 1 aliphatic heterocycles. The van der Waals surface area contributed by atoms with Crippen LogP contribution in [0.15, 0.2) is 71.9 Å². The Labute approximate surface area is 183 Å². The lowest BCUT2D eigenvalue weighted by Gasteiger charge is -2.21. The Hall–Kier alpha value is -4.12. The molecule has 11 heteroatoms. The first-order valence-electron chi connectivity index (χ1n) is 9.45. The fourth-order valence-electron chi connectivity index (χ4n) is 3.17. The van der Waals surface area contributed by atoms with Crippen LogP contribution in [0.4, 0.5) is 11.6 Å². The van der Waals surface area contributed by atoms with E-state index in [1.165, 1.54) is 55.7 Å². The standard InChI is InChI=1S/C21H17N5O5S/c1-13(26-19(28)16-5-2-3-6-17(16)20(26)29)18(27)24-14-7-9-15(10-8-14)32(30,31)25-21-22-11-4-12-23-21/h2-13H,1H3,(H,24,27)(H,22,23,25)/t13-/m0/s1. The molecule has 162 valence electrons. The molecule has 0 saturated carbocycles. The molecule has 2 aromatic carbocycles. The topological polar surface area (TPSA) is 138 Å². The number of sulfonamides is 1. The van der Waals surface area contributed by atoms with Crippen LogP contribution in [-0.2, 0) is 14.8 Å². The molecule has 0 radical (unpaired) electrons. The summed E-state index contributed by atoms with van der Waals surface area (Å²) >= 11 is 0. The highest BCUT2D eigenvalue weighted by atomic mass is 32.2. The van der Waals surface area contributed by atoms with Gasteiger partial charge < -0.3 is 5.32 Å². The second kappa shape index (κ2) is 8.19. The van der Waals surface area contributed by atoms with Crippen molar-refractivity contribution in [2.45, 2.75) is 17.9 Å². The Morgan fingerprint density at radius 3 is 2.03 bits per heavy atom. The summed E-state index contributed by atoms with van der Waals surface area (Å²) in [6.07, 6.45) is 2.80. The van der Waals surface area contributed by atoms with Crippen LogP contribution >= 0.6 is 0 Å². The zero-order chi connectivity index (χ0) is 22.9. The highest BCUT2D eigenvalue weighted by Crippen LogP contribution is 2.25. The zero-order valence-electron chi connectivity index (χ0n) is 16.7. The first-order chi connectivity index (χ1) is 15.3. The second-order valence-electron chi connectivity index (χ2n) is 6.89. The summed E-state index contributed by atoms with van der Waals surface area (Å²) in [5, 5.41) is 2.59. The van der Waals surface area contributed by atoms with E-state index in [9.17, 15) is 22.8 Å². The number of carbonyl (C=O) groups excluding carboxylic acids is 3. The number of fused-ring (bicyclic) bond motifs is 1. The normalized spacial score (nSPS) is 14.1. The van der Waals surface area contributed by atoms with E-state index < -0.39 is 33.8 Å². The largest absolute Gasteiger partial charge is 0.324 e. The van der Waals surface area contributed by atoms with Gasteiger partial charge in [-0.15, -0.1) is 0 Å². The van der Waals surface area contributed by atoms with Crippen molar-refractivity contribution in [2.24, 2.45) is 0 Å². The van der Waals surface area contributed by atoms with Gasteiger partial charge in [-0.2, -0.15) is 0 Å². The predicted octanol–water partition coefficient (Wildman–Crippen LogP) is 1.90. The smallest absolute Gasteiger partial charge is 0.264 e. The van der Waals surface area contributed by atoms with Crippen LogP contribution in [0.5, 0.6) is 0 Å². The molecule has 1 atom stereocenters. The number of aromatic nitrogens is 2. The molecule has 1 aliphatic rings. The summed E-state index contributed by atoms with van der Waals surface area (Å²) in [4.78, 5) is 46.2. The molecule has 32 heavy (non-hydrogen) atoms. The van der Waals surface area contributed by atoms with Crippen LogP contribution in [0.2, 0.25) is 0 Å². The first kappa shape index (κ1) is 21.1. The molecule has 2 N–H and O–H groups in total. The van der Waals surface area contributed by atoms with Gasteiger partial charge in [0.2, 0.25) is 11.9 Å². The minimum Gasteiger partial charge on any atom is -0.324 e. The van der Waals surface area contributed by atoms with Crippen molar-refractivity contribution in [3.8, 4) is 0 Å². The van der Waals surface area contributed by atoms with E-state index >= 15 is 0 Å². The van der Waals surface area contributed by atoms with Crippen LogP contribution in [0.1, 0.15) is 27.6 Å². The molecule has 0 fully saturated rings. The molecule has 3 amide bonds. The predicted molar refractivity (Wildman–Crippen MR) is 114 cm³/mol. The summed E-state index contributed by atoms with van der Waals surface area (Å²) in [5.41, 5.74) is 0.802. The third-order valence-electron chi connectivity index (χ3n) is 4.82. The monoisotopic (exact) mass is 451 g/mol. The van der Waals surface area contributed by atoms with Crippen molar-refractivity contribution in [2.75, 3.05) is 10.0 Å². The maximum Gasteiger partial charge on any atom is 0.264 e. The van der Waals surface area contributed by atoms with E-state index in [0.29, 0.717) is 5.69 Å². The van der Waals surface area contributed by atoms with Crippen LogP contribution in [0.25, 0.3) is 0 Å². The van der Waals surface area contributed by atoms with Crippen LogP contribution in [0, 0.1) is 0 Å². The van der Waals surface area contributed by atoms with Crippen LogP contribution < -0.4 is 10.0 Å². The summed E-state index contributed by atoms with van der Waals surface area (Å²) < 4.78 is 27.1. The number of imide groups is 1. The van der Waals surface area contributed by atoms with Gasteiger partial charge in [0.25, 0.3) is 21.8 Å². The zero-order valence-corrected chi connectivity index (χ0v) is 17.5. The number of nitrogens with one attached hydrogen (secondary N) is 2. The van der Waals surface area contributed by atoms with Gasteiger partial charge in [0.15, 0.2) is 0 Å². The van der Waals surface area contributed by atoms with Gasteiger partial charge in [0.05, 0.1) is 16.0 Å². The molecular formula is C21H17N5O5S. The molecule has 0 bridgehead atoms. The lowest BCUT2D eigenvalue weighted by molar-refractivity contribution is -0.119. The minimum atomic E-state index is -3.92. The summed E-state index contributed by atoms with van der Waals surface area (Å²) in [7, 11) is -3.92.